The summed E-state index contributed by atoms with van der Waals surface area (Å²) in [5.41, 5.74) is -1.17. The van der Waals surface area contributed by atoms with Gasteiger partial charge in [-0.05, 0) is 46.6 Å². The van der Waals surface area contributed by atoms with E-state index in [0.29, 0.717) is 12.0 Å². The van der Waals surface area contributed by atoms with Gasteiger partial charge in [-0.15, -0.1) is 0 Å². The lowest BCUT2D eigenvalue weighted by atomic mass is 10.1. The smallest absolute Gasteiger partial charge is 0.412 e. The number of carbonyl (C=O) groups excluding carboxylic acids is 2. The van der Waals surface area contributed by atoms with Crippen LogP contribution in [0.2, 0.25) is 0 Å². The Morgan fingerprint density at radius 2 is 1.81 bits per heavy atom. The normalized spacial score (nSPS) is 20.8. The number of benzene rings is 1. The third kappa shape index (κ3) is 7.75. The molecule has 10 heteroatoms. The summed E-state index contributed by atoms with van der Waals surface area (Å²) in [6, 6.07) is 8.16. The van der Waals surface area contributed by atoms with E-state index >= 15 is 0 Å². The standard InChI is InChI=1S/C22H34N2O7S/c1-16(25)23-13-12-18-19(14-29-32(27,28)15-17-10-8-7-9-11-17)30-22(5,6)24(18)20(26)31-21(2,3)4/h7-11,18-19H,12-15H2,1-6H3,(H,23,25)/t18-,19-/m1/s1. The summed E-state index contributed by atoms with van der Waals surface area (Å²) in [4.78, 5) is 25.7. The summed E-state index contributed by atoms with van der Waals surface area (Å²) in [7, 11) is -3.87. The van der Waals surface area contributed by atoms with Crippen molar-refractivity contribution in [1.29, 1.82) is 0 Å². The third-order valence-corrected chi connectivity index (χ3v) is 5.97. The van der Waals surface area contributed by atoms with Crippen LogP contribution in [0.25, 0.3) is 0 Å². The van der Waals surface area contributed by atoms with Crippen molar-refractivity contribution in [1.82, 2.24) is 10.2 Å². The summed E-state index contributed by atoms with van der Waals surface area (Å²) < 4.78 is 41.8. The molecule has 0 unspecified atom stereocenters. The van der Waals surface area contributed by atoms with Gasteiger partial charge in [0.2, 0.25) is 5.91 Å². The van der Waals surface area contributed by atoms with Crippen LogP contribution >= 0.6 is 0 Å². The van der Waals surface area contributed by atoms with E-state index < -0.39 is 39.7 Å². The molecule has 1 aliphatic heterocycles. The van der Waals surface area contributed by atoms with Crippen LogP contribution in [-0.2, 0) is 34.3 Å². The van der Waals surface area contributed by atoms with Gasteiger partial charge in [0.25, 0.3) is 10.1 Å². The Labute approximate surface area is 190 Å². The fourth-order valence-corrected chi connectivity index (χ4v) is 4.61. The van der Waals surface area contributed by atoms with Crippen LogP contribution in [0.4, 0.5) is 4.79 Å². The zero-order valence-corrected chi connectivity index (χ0v) is 20.4. The first-order valence-corrected chi connectivity index (χ1v) is 12.1. The molecule has 0 radical (unpaired) electrons. The Hall–Kier alpha value is -2.17. The quantitative estimate of drug-likeness (QED) is 0.582. The molecule has 0 aromatic heterocycles. The number of hydrogen-bond acceptors (Lipinski definition) is 7. The number of amides is 2. The van der Waals surface area contributed by atoms with E-state index in [0.717, 1.165) is 0 Å². The van der Waals surface area contributed by atoms with E-state index in [9.17, 15) is 18.0 Å². The van der Waals surface area contributed by atoms with Crippen LogP contribution in [0.15, 0.2) is 30.3 Å². The Bertz CT molecular complexity index is 895. The maximum absolute atomic E-state index is 12.9. The monoisotopic (exact) mass is 470 g/mol. The number of ether oxygens (including phenoxy) is 2. The molecule has 1 N–H and O–H groups in total. The van der Waals surface area contributed by atoms with Crippen LogP contribution in [0.1, 0.15) is 53.5 Å². The molecule has 0 bridgehead atoms. The molecule has 180 valence electrons. The number of nitrogens with zero attached hydrogens (tertiary/aromatic N) is 1. The predicted molar refractivity (Wildman–Crippen MR) is 119 cm³/mol. The van der Waals surface area contributed by atoms with E-state index in [1.807, 2.05) is 0 Å². The molecule has 0 spiro atoms. The zero-order chi connectivity index (χ0) is 24.2. The molecule has 0 saturated carbocycles. The second kappa shape index (κ2) is 10.2. The van der Waals surface area contributed by atoms with E-state index in [1.54, 1.807) is 65.0 Å². The zero-order valence-electron chi connectivity index (χ0n) is 19.6. The van der Waals surface area contributed by atoms with Gasteiger partial charge in [-0.2, -0.15) is 8.42 Å². The summed E-state index contributed by atoms with van der Waals surface area (Å²) in [6.45, 7) is 10.1. The van der Waals surface area contributed by atoms with Crippen molar-refractivity contribution >= 4 is 22.1 Å². The van der Waals surface area contributed by atoms with Crippen LogP contribution in [0.3, 0.4) is 0 Å². The van der Waals surface area contributed by atoms with Gasteiger partial charge in [0, 0.05) is 13.5 Å². The number of nitrogens with one attached hydrogen (secondary N) is 1. The summed E-state index contributed by atoms with van der Waals surface area (Å²) >= 11 is 0. The van der Waals surface area contributed by atoms with Crippen LogP contribution < -0.4 is 5.32 Å². The molecular formula is C22H34N2O7S. The maximum Gasteiger partial charge on any atom is 0.412 e. The van der Waals surface area contributed by atoms with Crippen LogP contribution in [0, 0.1) is 0 Å². The minimum Gasteiger partial charge on any atom is -0.444 e. The molecule has 1 heterocycles. The van der Waals surface area contributed by atoms with Crippen molar-refractivity contribution in [3.8, 4) is 0 Å². The van der Waals surface area contributed by atoms with Gasteiger partial charge in [-0.3, -0.25) is 13.9 Å². The van der Waals surface area contributed by atoms with Crippen LogP contribution in [0.5, 0.6) is 0 Å². The van der Waals surface area contributed by atoms with Gasteiger partial charge in [0.15, 0.2) is 0 Å². The summed E-state index contributed by atoms with van der Waals surface area (Å²) in [6.07, 6.45) is -0.962. The highest BCUT2D eigenvalue weighted by atomic mass is 32.2. The Morgan fingerprint density at radius 1 is 1.19 bits per heavy atom. The minimum atomic E-state index is -3.87. The SMILES string of the molecule is CC(=O)NCC[C@@H]1[C@@H](COS(=O)(=O)Cc2ccccc2)OC(C)(C)N1C(=O)OC(C)(C)C. The first-order valence-electron chi connectivity index (χ1n) is 10.6. The second-order valence-electron chi connectivity index (χ2n) is 9.26. The minimum absolute atomic E-state index is 0.203. The lowest BCUT2D eigenvalue weighted by Gasteiger charge is -2.35. The lowest BCUT2D eigenvalue weighted by molar-refractivity contribution is -0.119. The first kappa shape index (κ1) is 26.1. The highest BCUT2D eigenvalue weighted by Crippen LogP contribution is 2.35. The number of hydrogen-bond donors (Lipinski definition) is 1. The molecule has 2 amide bonds. The van der Waals surface area contributed by atoms with E-state index in [2.05, 4.69) is 5.32 Å². The van der Waals surface area contributed by atoms with Crippen molar-refractivity contribution in [2.75, 3.05) is 13.2 Å². The molecule has 9 nitrogen and oxygen atoms in total. The second-order valence-corrected chi connectivity index (χ2v) is 10.9. The summed E-state index contributed by atoms with van der Waals surface area (Å²) in [5, 5.41) is 2.70. The average molecular weight is 471 g/mol. The molecule has 32 heavy (non-hydrogen) atoms. The van der Waals surface area contributed by atoms with Crippen molar-refractivity contribution in [3.63, 3.8) is 0 Å². The first-order chi connectivity index (χ1) is 14.7. The highest BCUT2D eigenvalue weighted by molar-refractivity contribution is 7.85. The average Bonchev–Trinajstić information content (AvgIpc) is 2.89. The molecule has 1 aromatic rings. The fourth-order valence-electron chi connectivity index (χ4n) is 3.58. The van der Waals surface area contributed by atoms with Crippen molar-refractivity contribution in [2.24, 2.45) is 0 Å². The van der Waals surface area contributed by atoms with E-state index in [1.165, 1.54) is 11.8 Å². The van der Waals surface area contributed by atoms with Crippen molar-refractivity contribution in [2.45, 2.75) is 77.2 Å². The van der Waals surface area contributed by atoms with Gasteiger partial charge in [0.1, 0.15) is 23.2 Å². The van der Waals surface area contributed by atoms with Crippen molar-refractivity contribution in [3.05, 3.63) is 35.9 Å². The largest absolute Gasteiger partial charge is 0.444 e. The van der Waals surface area contributed by atoms with Gasteiger partial charge in [0.05, 0.1) is 12.6 Å². The molecule has 1 aromatic carbocycles. The molecule has 1 saturated heterocycles. The van der Waals surface area contributed by atoms with Gasteiger partial charge >= 0.3 is 6.09 Å². The predicted octanol–water partition coefficient (Wildman–Crippen LogP) is 2.80. The summed E-state index contributed by atoms with van der Waals surface area (Å²) in [5.74, 6) is -0.471. The van der Waals surface area contributed by atoms with Gasteiger partial charge < -0.3 is 14.8 Å². The Morgan fingerprint density at radius 3 is 2.38 bits per heavy atom. The molecule has 2 atom stereocenters. The van der Waals surface area contributed by atoms with Crippen molar-refractivity contribution < 1.29 is 31.7 Å². The van der Waals surface area contributed by atoms with Crippen LogP contribution in [-0.4, -0.2) is 61.9 Å². The van der Waals surface area contributed by atoms with E-state index in [-0.39, 0.29) is 24.8 Å². The number of rotatable bonds is 8. The van der Waals surface area contributed by atoms with E-state index in [4.69, 9.17) is 13.7 Å². The maximum atomic E-state index is 12.9. The van der Waals surface area contributed by atoms with Gasteiger partial charge in [-0.25, -0.2) is 4.79 Å². The molecule has 1 aliphatic rings. The van der Waals surface area contributed by atoms with Gasteiger partial charge in [-0.1, -0.05) is 30.3 Å². The molecule has 1 fully saturated rings. The molecule has 2 rings (SSSR count). The third-order valence-electron chi connectivity index (χ3n) is 4.78. The molecule has 0 aliphatic carbocycles. The number of carbonyl (C=O) groups is 2. The topological polar surface area (TPSA) is 111 Å². The molecular weight excluding hydrogens is 436 g/mol. The highest BCUT2D eigenvalue weighted by Gasteiger charge is 2.51. The fraction of sp³-hybridized carbons (Fsp3) is 0.636. The lowest BCUT2D eigenvalue weighted by Crippen LogP contribution is -2.51. The Balaban J connectivity index is 2.17. The Kier molecular flexibility index (Phi) is 8.30.